The average molecular weight is 396 g/mol. The summed E-state index contributed by atoms with van der Waals surface area (Å²) in [4.78, 5) is 38.4. The van der Waals surface area contributed by atoms with Crippen molar-refractivity contribution in [3.05, 3.63) is 73.3 Å². The average Bonchev–Trinajstić information content (AvgIpc) is 2.99. The van der Waals surface area contributed by atoms with Crippen molar-refractivity contribution in [3.63, 3.8) is 0 Å². The van der Waals surface area contributed by atoms with Gasteiger partial charge in [0, 0.05) is 36.3 Å². The Hall–Kier alpha value is -3.33. The number of carbonyl (C=O) groups excluding carboxylic acids is 1. The summed E-state index contributed by atoms with van der Waals surface area (Å²) in [6.07, 6.45) is 0.762. The fourth-order valence-corrected chi connectivity index (χ4v) is 4.41. The van der Waals surface area contributed by atoms with E-state index in [2.05, 4.69) is 11.0 Å². The molecule has 0 bridgehead atoms. The number of piperidine rings is 1. The van der Waals surface area contributed by atoms with Crippen molar-refractivity contribution in [2.75, 3.05) is 25.0 Å². The molecule has 29 heavy (non-hydrogen) atoms. The molecule has 0 aliphatic carbocycles. The van der Waals surface area contributed by atoms with Crippen LogP contribution in [0.5, 0.6) is 0 Å². The summed E-state index contributed by atoms with van der Waals surface area (Å²) in [5, 5.41) is 22.4. The maximum atomic E-state index is 13.4. The van der Waals surface area contributed by atoms with E-state index >= 15 is 0 Å². The van der Waals surface area contributed by atoms with Crippen LogP contribution >= 0.6 is 0 Å². The number of non-ortho nitro benzene ring substituents is 2. The number of benzene rings is 2. The lowest BCUT2D eigenvalue weighted by Crippen LogP contribution is -2.47. The van der Waals surface area contributed by atoms with E-state index in [9.17, 15) is 25.0 Å². The first-order valence-corrected chi connectivity index (χ1v) is 9.33. The Morgan fingerprint density at radius 3 is 2.34 bits per heavy atom. The van der Waals surface area contributed by atoms with Crippen LogP contribution in [-0.4, -0.2) is 46.8 Å². The van der Waals surface area contributed by atoms with Gasteiger partial charge in [-0.1, -0.05) is 17.7 Å². The monoisotopic (exact) mass is 396 g/mol. The smallest absolute Gasteiger partial charge is 0.277 e. The normalized spacial score (nSPS) is 20.8. The molecule has 0 aromatic heterocycles. The van der Waals surface area contributed by atoms with Gasteiger partial charge in [0.15, 0.2) is 0 Å². The zero-order valence-electron chi connectivity index (χ0n) is 16.1. The van der Waals surface area contributed by atoms with Crippen LogP contribution in [0.2, 0.25) is 0 Å². The van der Waals surface area contributed by atoms with E-state index in [0.717, 1.165) is 54.5 Å². The molecule has 1 saturated heterocycles. The number of rotatable bonds is 3. The van der Waals surface area contributed by atoms with Crippen LogP contribution in [0.1, 0.15) is 33.8 Å². The van der Waals surface area contributed by atoms with E-state index in [1.165, 1.54) is 0 Å². The van der Waals surface area contributed by atoms with E-state index in [1.54, 1.807) is 4.90 Å². The summed E-state index contributed by atoms with van der Waals surface area (Å²) >= 11 is 0. The highest BCUT2D eigenvalue weighted by atomic mass is 16.6. The third kappa shape index (κ3) is 3.23. The van der Waals surface area contributed by atoms with Crippen LogP contribution < -0.4 is 4.90 Å². The summed E-state index contributed by atoms with van der Waals surface area (Å²) in [7, 11) is 2.04. The summed E-state index contributed by atoms with van der Waals surface area (Å²) in [6.45, 7) is 3.63. The van der Waals surface area contributed by atoms with Gasteiger partial charge in [-0.2, -0.15) is 0 Å². The van der Waals surface area contributed by atoms with Crippen LogP contribution in [0, 0.1) is 27.2 Å². The predicted octanol–water partition coefficient (Wildman–Crippen LogP) is 3.26. The van der Waals surface area contributed by atoms with Crippen molar-refractivity contribution < 1.29 is 14.6 Å². The highest BCUT2D eigenvalue weighted by Gasteiger charge is 2.44. The number of nitro benzene ring substituents is 2. The highest BCUT2D eigenvalue weighted by Crippen LogP contribution is 2.45. The molecule has 9 heteroatoms. The predicted molar refractivity (Wildman–Crippen MR) is 106 cm³/mol. The molecule has 0 N–H and O–H groups in total. The topological polar surface area (TPSA) is 110 Å². The van der Waals surface area contributed by atoms with E-state index in [1.807, 2.05) is 26.1 Å². The number of hydrogen-bond donors (Lipinski definition) is 0. The molecule has 0 spiro atoms. The standard InChI is InChI=1S/C20H20N4O5/c1-12-3-4-18-16(7-12)17-11-21(2)6-5-19(17)22(18)20(25)13-8-14(23(26)27)10-15(9-13)24(28)29/h3-4,7-10,17,19H,5-6,11H2,1-2H3/t17-,19-/m0/s1. The van der Waals surface area contributed by atoms with Gasteiger partial charge in [-0.3, -0.25) is 25.0 Å². The lowest BCUT2D eigenvalue weighted by atomic mass is 9.88. The number of aryl methyl sites for hydroxylation is 1. The molecule has 0 radical (unpaired) electrons. The first-order valence-electron chi connectivity index (χ1n) is 9.33. The molecule has 2 aliphatic rings. The molecule has 2 atom stereocenters. The minimum Gasteiger partial charge on any atom is -0.306 e. The molecule has 2 heterocycles. The number of fused-ring (bicyclic) bond motifs is 3. The summed E-state index contributed by atoms with van der Waals surface area (Å²) in [5.41, 5.74) is 1.97. The Morgan fingerprint density at radius 1 is 1.07 bits per heavy atom. The van der Waals surface area contributed by atoms with Gasteiger partial charge < -0.3 is 9.80 Å². The number of likely N-dealkylation sites (tertiary alicyclic amines) is 1. The van der Waals surface area contributed by atoms with Gasteiger partial charge in [-0.05, 0) is 38.6 Å². The minimum absolute atomic E-state index is 0.0444. The molecule has 150 valence electrons. The Labute approximate surface area is 166 Å². The maximum absolute atomic E-state index is 13.4. The van der Waals surface area contributed by atoms with Crippen LogP contribution in [0.3, 0.4) is 0 Å². The van der Waals surface area contributed by atoms with Crippen LogP contribution in [0.25, 0.3) is 0 Å². The number of amides is 1. The number of likely N-dealkylation sites (N-methyl/N-ethyl adjacent to an activating group) is 1. The van der Waals surface area contributed by atoms with Crippen LogP contribution in [0.15, 0.2) is 36.4 Å². The SMILES string of the molecule is Cc1ccc2c(c1)[C@@H]1CN(C)CC[C@@H]1N2C(=O)c1cc([N+](=O)[O-])cc([N+](=O)[O-])c1. The molecule has 1 fully saturated rings. The fourth-order valence-electron chi connectivity index (χ4n) is 4.41. The van der Waals surface area contributed by atoms with Crippen molar-refractivity contribution in [3.8, 4) is 0 Å². The highest BCUT2D eigenvalue weighted by molar-refractivity contribution is 6.08. The number of nitrogens with zero attached hydrogens (tertiary/aromatic N) is 4. The van der Waals surface area contributed by atoms with E-state index in [0.29, 0.717) is 0 Å². The van der Waals surface area contributed by atoms with Gasteiger partial charge in [-0.25, -0.2) is 0 Å². The molecule has 9 nitrogen and oxygen atoms in total. The second-order valence-electron chi connectivity index (χ2n) is 7.71. The summed E-state index contributed by atoms with van der Waals surface area (Å²) in [5.74, 6) is -0.305. The molecule has 0 unspecified atom stereocenters. The molecule has 2 aromatic carbocycles. The summed E-state index contributed by atoms with van der Waals surface area (Å²) in [6, 6.07) is 8.93. The second kappa shape index (κ2) is 6.93. The van der Waals surface area contributed by atoms with Gasteiger partial charge >= 0.3 is 0 Å². The van der Waals surface area contributed by atoms with Gasteiger partial charge in [0.1, 0.15) is 0 Å². The lowest BCUT2D eigenvalue weighted by Gasteiger charge is -2.36. The number of nitro groups is 2. The van der Waals surface area contributed by atoms with E-state index in [-0.39, 0.29) is 17.5 Å². The van der Waals surface area contributed by atoms with Crippen molar-refractivity contribution >= 4 is 23.0 Å². The second-order valence-corrected chi connectivity index (χ2v) is 7.71. The first kappa shape index (κ1) is 19.0. The van der Waals surface area contributed by atoms with Crippen molar-refractivity contribution in [2.24, 2.45) is 0 Å². The number of carbonyl (C=O) groups is 1. The van der Waals surface area contributed by atoms with Crippen molar-refractivity contribution in [1.82, 2.24) is 4.90 Å². The maximum Gasteiger partial charge on any atom is 0.277 e. The Morgan fingerprint density at radius 2 is 1.72 bits per heavy atom. The Bertz CT molecular complexity index is 1010. The van der Waals surface area contributed by atoms with Crippen molar-refractivity contribution in [1.29, 1.82) is 0 Å². The number of hydrogen-bond acceptors (Lipinski definition) is 6. The van der Waals surface area contributed by atoms with E-state index in [4.69, 9.17) is 0 Å². The third-order valence-electron chi connectivity index (χ3n) is 5.74. The molecule has 1 amide bonds. The molecule has 4 rings (SSSR count). The Kier molecular flexibility index (Phi) is 4.54. The molecule has 2 aromatic rings. The van der Waals surface area contributed by atoms with Gasteiger partial charge in [-0.15, -0.1) is 0 Å². The molecular weight excluding hydrogens is 376 g/mol. The zero-order chi connectivity index (χ0) is 20.9. The summed E-state index contributed by atoms with van der Waals surface area (Å²) < 4.78 is 0. The third-order valence-corrected chi connectivity index (χ3v) is 5.74. The van der Waals surface area contributed by atoms with Crippen LogP contribution in [-0.2, 0) is 0 Å². The first-order chi connectivity index (χ1) is 13.8. The quantitative estimate of drug-likeness (QED) is 0.582. The van der Waals surface area contributed by atoms with E-state index < -0.39 is 27.1 Å². The Balaban J connectivity index is 1.81. The van der Waals surface area contributed by atoms with Gasteiger partial charge in [0.25, 0.3) is 17.3 Å². The molecule has 0 saturated carbocycles. The van der Waals surface area contributed by atoms with Crippen LogP contribution in [0.4, 0.5) is 17.1 Å². The lowest BCUT2D eigenvalue weighted by molar-refractivity contribution is -0.394. The molecular formula is C20H20N4O5. The molecule has 2 aliphatic heterocycles. The largest absolute Gasteiger partial charge is 0.306 e. The fraction of sp³-hybridized carbons (Fsp3) is 0.350. The van der Waals surface area contributed by atoms with Crippen molar-refractivity contribution in [2.45, 2.75) is 25.3 Å². The zero-order valence-corrected chi connectivity index (χ0v) is 16.1. The van der Waals surface area contributed by atoms with Gasteiger partial charge in [0.2, 0.25) is 0 Å². The minimum atomic E-state index is -0.719. The van der Waals surface area contributed by atoms with Gasteiger partial charge in [0.05, 0.1) is 21.5 Å². The number of anilines is 1.